The lowest BCUT2D eigenvalue weighted by atomic mass is 10.1. The molecule has 1 fully saturated rings. The van der Waals surface area contributed by atoms with Crippen LogP contribution in [0.2, 0.25) is 0 Å². The van der Waals surface area contributed by atoms with Crippen molar-refractivity contribution in [1.29, 1.82) is 0 Å². The number of carbonyl (C=O) groups excluding carboxylic acids is 2. The molecule has 1 aromatic heterocycles. The number of amides is 2. The van der Waals surface area contributed by atoms with E-state index in [1.54, 1.807) is 22.4 Å². The average molecular weight is 295 g/mol. The van der Waals surface area contributed by atoms with Gasteiger partial charge in [0.1, 0.15) is 11.0 Å². The lowest BCUT2D eigenvalue weighted by molar-refractivity contribution is -0.137. The van der Waals surface area contributed by atoms with Crippen LogP contribution >= 0.6 is 11.3 Å². The quantitative estimate of drug-likeness (QED) is 0.874. The zero-order valence-electron chi connectivity index (χ0n) is 12.0. The normalized spacial score (nSPS) is 18.1. The average Bonchev–Trinajstić information content (AvgIpc) is 3.09. The molecule has 1 aromatic rings. The van der Waals surface area contributed by atoms with E-state index in [0.717, 1.165) is 17.8 Å². The van der Waals surface area contributed by atoms with Gasteiger partial charge in [-0.25, -0.2) is 4.98 Å². The Kier molecular flexibility index (Phi) is 5.11. The SMILES string of the molecule is CC[C@H](NC(=O)[C@H](CC)N1CCCC1=O)c1nccs1. The predicted molar refractivity (Wildman–Crippen MR) is 78.3 cm³/mol. The van der Waals surface area contributed by atoms with Gasteiger partial charge in [-0.3, -0.25) is 9.59 Å². The lowest BCUT2D eigenvalue weighted by Crippen LogP contribution is -2.48. The van der Waals surface area contributed by atoms with Crippen LogP contribution in [-0.4, -0.2) is 34.3 Å². The first-order chi connectivity index (χ1) is 9.67. The Labute approximate surface area is 123 Å². The number of hydrogen-bond acceptors (Lipinski definition) is 4. The van der Waals surface area contributed by atoms with Gasteiger partial charge in [0.25, 0.3) is 0 Å². The third kappa shape index (κ3) is 3.17. The summed E-state index contributed by atoms with van der Waals surface area (Å²) in [5, 5.41) is 5.86. The van der Waals surface area contributed by atoms with Gasteiger partial charge in [0.15, 0.2) is 0 Å². The number of aromatic nitrogens is 1. The van der Waals surface area contributed by atoms with Crippen LogP contribution in [0.3, 0.4) is 0 Å². The summed E-state index contributed by atoms with van der Waals surface area (Å²) in [6.07, 6.45) is 4.60. The molecule has 0 radical (unpaired) electrons. The number of hydrogen-bond donors (Lipinski definition) is 1. The van der Waals surface area contributed by atoms with Crippen molar-refractivity contribution in [2.45, 2.75) is 51.6 Å². The second-order valence-electron chi connectivity index (χ2n) is 4.95. The second-order valence-corrected chi connectivity index (χ2v) is 5.88. The van der Waals surface area contributed by atoms with Gasteiger partial charge in [-0.15, -0.1) is 11.3 Å². The molecule has 1 N–H and O–H groups in total. The molecule has 20 heavy (non-hydrogen) atoms. The Bertz CT molecular complexity index is 461. The Hall–Kier alpha value is -1.43. The molecule has 2 amide bonds. The molecule has 2 atom stereocenters. The Morgan fingerprint density at radius 2 is 2.30 bits per heavy atom. The standard InChI is InChI=1S/C14H21N3O2S/c1-3-10(14-15-7-9-20-14)16-13(19)11(4-2)17-8-5-6-12(17)18/h7,9-11H,3-6,8H2,1-2H3,(H,16,19)/t10-,11-/m0/s1. The largest absolute Gasteiger partial charge is 0.345 e. The first-order valence-electron chi connectivity index (χ1n) is 7.16. The molecule has 6 heteroatoms. The summed E-state index contributed by atoms with van der Waals surface area (Å²) >= 11 is 1.54. The number of nitrogens with zero attached hydrogens (tertiary/aromatic N) is 2. The highest BCUT2D eigenvalue weighted by Gasteiger charge is 2.32. The Morgan fingerprint density at radius 3 is 2.80 bits per heavy atom. The highest BCUT2D eigenvalue weighted by Crippen LogP contribution is 2.21. The van der Waals surface area contributed by atoms with Crippen molar-refractivity contribution in [3.8, 4) is 0 Å². The zero-order valence-corrected chi connectivity index (χ0v) is 12.8. The molecule has 0 unspecified atom stereocenters. The van der Waals surface area contributed by atoms with E-state index in [4.69, 9.17) is 0 Å². The molecule has 1 aliphatic heterocycles. The third-order valence-electron chi connectivity index (χ3n) is 3.65. The number of nitrogens with one attached hydrogen (secondary N) is 1. The van der Waals surface area contributed by atoms with Gasteiger partial charge in [-0.05, 0) is 19.3 Å². The fourth-order valence-corrected chi connectivity index (χ4v) is 3.33. The number of likely N-dealkylation sites (tertiary alicyclic amines) is 1. The van der Waals surface area contributed by atoms with Crippen molar-refractivity contribution in [3.63, 3.8) is 0 Å². The van der Waals surface area contributed by atoms with Crippen LogP contribution in [0, 0.1) is 0 Å². The molecule has 1 saturated heterocycles. The topological polar surface area (TPSA) is 62.3 Å². The number of rotatable bonds is 6. The molecule has 0 aliphatic carbocycles. The molecule has 110 valence electrons. The minimum Gasteiger partial charge on any atom is -0.345 e. The highest BCUT2D eigenvalue weighted by molar-refractivity contribution is 7.09. The van der Waals surface area contributed by atoms with Crippen molar-refractivity contribution in [3.05, 3.63) is 16.6 Å². The van der Waals surface area contributed by atoms with E-state index >= 15 is 0 Å². The van der Waals surface area contributed by atoms with Gasteiger partial charge >= 0.3 is 0 Å². The minimum atomic E-state index is -0.348. The Balaban J connectivity index is 2.03. The maximum absolute atomic E-state index is 12.4. The van der Waals surface area contributed by atoms with E-state index in [-0.39, 0.29) is 23.9 Å². The van der Waals surface area contributed by atoms with Gasteiger partial charge in [0, 0.05) is 24.5 Å². The summed E-state index contributed by atoms with van der Waals surface area (Å²) in [6.45, 7) is 4.66. The molecular formula is C14H21N3O2S. The maximum atomic E-state index is 12.4. The molecule has 5 nitrogen and oxygen atoms in total. The minimum absolute atomic E-state index is 0.0609. The van der Waals surface area contributed by atoms with Gasteiger partial charge in [0.2, 0.25) is 11.8 Å². The van der Waals surface area contributed by atoms with Gasteiger partial charge < -0.3 is 10.2 Å². The fraction of sp³-hybridized carbons (Fsp3) is 0.643. The summed E-state index contributed by atoms with van der Waals surface area (Å²) in [7, 11) is 0. The van der Waals surface area contributed by atoms with E-state index in [1.165, 1.54) is 0 Å². The third-order valence-corrected chi connectivity index (χ3v) is 4.54. The van der Waals surface area contributed by atoms with Crippen molar-refractivity contribution in [1.82, 2.24) is 15.2 Å². The van der Waals surface area contributed by atoms with Crippen LogP contribution in [0.5, 0.6) is 0 Å². The molecule has 2 rings (SSSR count). The summed E-state index contributed by atoms with van der Waals surface area (Å²) < 4.78 is 0. The summed E-state index contributed by atoms with van der Waals surface area (Å²) in [5.74, 6) is 0.0269. The molecule has 0 saturated carbocycles. The summed E-state index contributed by atoms with van der Waals surface area (Å²) in [4.78, 5) is 30.2. The van der Waals surface area contributed by atoms with Crippen LogP contribution in [0.25, 0.3) is 0 Å². The van der Waals surface area contributed by atoms with Crippen molar-refractivity contribution >= 4 is 23.2 Å². The highest BCUT2D eigenvalue weighted by atomic mass is 32.1. The van der Waals surface area contributed by atoms with E-state index in [9.17, 15) is 9.59 Å². The van der Waals surface area contributed by atoms with Crippen LogP contribution in [0.1, 0.15) is 50.6 Å². The van der Waals surface area contributed by atoms with Crippen LogP contribution in [-0.2, 0) is 9.59 Å². The zero-order chi connectivity index (χ0) is 14.5. The van der Waals surface area contributed by atoms with E-state index in [2.05, 4.69) is 10.3 Å². The Morgan fingerprint density at radius 1 is 1.50 bits per heavy atom. The van der Waals surface area contributed by atoms with E-state index < -0.39 is 0 Å². The lowest BCUT2D eigenvalue weighted by Gasteiger charge is -2.27. The molecule has 0 aromatic carbocycles. The summed E-state index contributed by atoms with van der Waals surface area (Å²) in [6, 6.07) is -0.409. The molecule has 2 heterocycles. The van der Waals surface area contributed by atoms with Crippen LogP contribution < -0.4 is 5.32 Å². The van der Waals surface area contributed by atoms with Crippen molar-refractivity contribution in [2.24, 2.45) is 0 Å². The molecule has 1 aliphatic rings. The van der Waals surface area contributed by atoms with Gasteiger partial charge in [0.05, 0.1) is 6.04 Å². The second kappa shape index (κ2) is 6.83. The fourth-order valence-electron chi connectivity index (χ4n) is 2.56. The van der Waals surface area contributed by atoms with Crippen molar-refractivity contribution < 1.29 is 9.59 Å². The summed E-state index contributed by atoms with van der Waals surface area (Å²) in [5.41, 5.74) is 0. The molecule has 0 spiro atoms. The van der Waals surface area contributed by atoms with Crippen LogP contribution in [0.15, 0.2) is 11.6 Å². The number of carbonyl (C=O) groups is 2. The van der Waals surface area contributed by atoms with Gasteiger partial charge in [-0.1, -0.05) is 13.8 Å². The van der Waals surface area contributed by atoms with E-state index in [1.807, 2.05) is 19.2 Å². The first-order valence-corrected chi connectivity index (χ1v) is 8.04. The number of thiazole rings is 1. The maximum Gasteiger partial charge on any atom is 0.243 e. The predicted octanol–water partition coefficient (Wildman–Crippen LogP) is 2.11. The monoisotopic (exact) mass is 295 g/mol. The first kappa shape index (κ1) is 15.0. The van der Waals surface area contributed by atoms with Crippen LogP contribution in [0.4, 0.5) is 0 Å². The molecular weight excluding hydrogens is 274 g/mol. The van der Waals surface area contributed by atoms with E-state index in [0.29, 0.717) is 19.4 Å². The molecule has 0 bridgehead atoms. The smallest absolute Gasteiger partial charge is 0.243 e. The van der Waals surface area contributed by atoms with Gasteiger partial charge in [-0.2, -0.15) is 0 Å². The van der Waals surface area contributed by atoms with Crippen molar-refractivity contribution in [2.75, 3.05) is 6.54 Å².